The Labute approximate surface area is 172 Å². The molecule has 1 aliphatic heterocycles. The predicted octanol–water partition coefficient (Wildman–Crippen LogP) is 1.72. The maximum Gasteiger partial charge on any atom is 0.325 e. The third kappa shape index (κ3) is 3.90. The second-order valence-corrected chi connectivity index (χ2v) is 7.64. The number of aryl methyl sites for hydroxylation is 1. The lowest BCUT2D eigenvalue weighted by atomic mass is 10.1. The summed E-state index contributed by atoms with van der Waals surface area (Å²) in [5, 5.41) is 16.6. The van der Waals surface area contributed by atoms with Crippen molar-refractivity contribution in [1.82, 2.24) is 40.5 Å². The zero-order valence-corrected chi connectivity index (χ0v) is 16.6. The molecule has 10 nitrogen and oxygen atoms in total. The maximum absolute atomic E-state index is 11.4. The van der Waals surface area contributed by atoms with Gasteiger partial charge >= 0.3 is 5.69 Å². The van der Waals surface area contributed by atoms with E-state index in [1.165, 1.54) is 0 Å². The first kappa shape index (κ1) is 18.7. The van der Waals surface area contributed by atoms with E-state index in [4.69, 9.17) is 4.74 Å². The Morgan fingerprint density at radius 2 is 2.03 bits per heavy atom. The number of piperidine rings is 1. The van der Waals surface area contributed by atoms with Gasteiger partial charge in [0.2, 0.25) is 0 Å². The molecule has 0 spiro atoms. The fraction of sp³-hybridized carbons (Fsp3) is 0.450. The molecule has 4 aromatic rings. The van der Waals surface area contributed by atoms with Crippen molar-refractivity contribution >= 4 is 22.1 Å². The van der Waals surface area contributed by atoms with E-state index in [-0.39, 0.29) is 5.69 Å². The number of aromatic amines is 2. The zero-order chi connectivity index (χ0) is 20.3. The molecular weight excluding hydrogens is 384 g/mol. The van der Waals surface area contributed by atoms with Gasteiger partial charge in [-0.15, -0.1) is 5.10 Å². The molecule has 1 aromatic carbocycles. The number of nitrogens with one attached hydrogen (secondary N) is 3. The van der Waals surface area contributed by atoms with Gasteiger partial charge in [0, 0.05) is 11.8 Å². The van der Waals surface area contributed by atoms with Crippen molar-refractivity contribution in [3.63, 3.8) is 0 Å². The van der Waals surface area contributed by atoms with Crippen LogP contribution in [-0.4, -0.2) is 54.9 Å². The van der Waals surface area contributed by atoms with Crippen molar-refractivity contribution in [3.05, 3.63) is 40.6 Å². The highest BCUT2D eigenvalue weighted by molar-refractivity contribution is 5.89. The molecule has 0 unspecified atom stereocenters. The van der Waals surface area contributed by atoms with Gasteiger partial charge in [0.25, 0.3) is 0 Å². The van der Waals surface area contributed by atoms with Crippen molar-refractivity contribution in [2.75, 3.05) is 19.7 Å². The number of H-pyrrole nitrogens is 2. The van der Waals surface area contributed by atoms with Gasteiger partial charge < -0.3 is 15.0 Å². The standard InChI is InChI=1S/C20H24N8O2/c29-20-23-17-12-13-11-15(4-5-16(13)22-19(17)24-20)30-10-2-1-3-18-25-26-27-28(18)14-6-8-21-9-7-14/h4-5,11-12,14,21H,1-3,6-10H2,(H2,22,23,24,29). The van der Waals surface area contributed by atoms with Crippen LogP contribution in [0.4, 0.5) is 0 Å². The van der Waals surface area contributed by atoms with Crippen LogP contribution in [0.1, 0.15) is 37.5 Å². The number of aromatic nitrogens is 7. The van der Waals surface area contributed by atoms with E-state index in [1.54, 1.807) is 0 Å². The highest BCUT2D eigenvalue weighted by atomic mass is 16.5. The first-order chi connectivity index (χ1) is 14.8. The van der Waals surface area contributed by atoms with Gasteiger partial charge in [-0.3, -0.25) is 4.98 Å². The Morgan fingerprint density at radius 1 is 1.13 bits per heavy atom. The molecule has 3 aromatic heterocycles. The molecule has 0 radical (unpaired) electrons. The molecule has 0 atom stereocenters. The average Bonchev–Trinajstić information content (AvgIpc) is 3.37. The molecule has 10 heteroatoms. The second-order valence-electron chi connectivity index (χ2n) is 7.64. The molecule has 156 valence electrons. The summed E-state index contributed by atoms with van der Waals surface area (Å²) in [5.41, 5.74) is 1.81. The van der Waals surface area contributed by atoms with Crippen molar-refractivity contribution in [2.45, 2.75) is 38.1 Å². The smallest absolute Gasteiger partial charge is 0.325 e. The number of nitrogens with zero attached hydrogens (tertiary/aromatic N) is 5. The third-order valence-corrected chi connectivity index (χ3v) is 5.55. The fourth-order valence-electron chi connectivity index (χ4n) is 3.98. The minimum absolute atomic E-state index is 0.254. The first-order valence-electron chi connectivity index (χ1n) is 10.4. The molecule has 0 bridgehead atoms. The Morgan fingerprint density at radius 3 is 2.93 bits per heavy atom. The zero-order valence-electron chi connectivity index (χ0n) is 16.6. The van der Waals surface area contributed by atoms with E-state index >= 15 is 0 Å². The summed E-state index contributed by atoms with van der Waals surface area (Å²) in [4.78, 5) is 21.3. The van der Waals surface area contributed by atoms with Crippen molar-refractivity contribution < 1.29 is 4.74 Å². The third-order valence-electron chi connectivity index (χ3n) is 5.55. The summed E-state index contributed by atoms with van der Waals surface area (Å²) in [6.07, 6.45) is 4.87. The second kappa shape index (κ2) is 8.23. The average molecular weight is 408 g/mol. The number of rotatable bonds is 7. The molecule has 0 amide bonds. The normalized spacial score (nSPS) is 15.2. The summed E-state index contributed by atoms with van der Waals surface area (Å²) in [5.74, 6) is 1.75. The molecule has 0 aliphatic carbocycles. The number of unbranched alkanes of at least 4 members (excludes halogenated alkanes) is 1. The largest absolute Gasteiger partial charge is 0.494 e. The van der Waals surface area contributed by atoms with Gasteiger partial charge in [0.1, 0.15) is 5.75 Å². The van der Waals surface area contributed by atoms with Crippen molar-refractivity contribution in [3.8, 4) is 5.75 Å². The lowest BCUT2D eigenvalue weighted by Crippen LogP contribution is -2.30. The Kier molecular flexibility index (Phi) is 5.14. The van der Waals surface area contributed by atoms with E-state index in [2.05, 4.69) is 35.8 Å². The summed E-state index contributed by atoms with van der Waals surface area (Å²) >= 11 is 0. The number of tetrazole rings is 1. The Balaban J connectivity index is 1.15. The molecule has 5 rings (SSSR count). The van der Waals surface area contributed by atoms with Crippen LogP contribution >= 0.6 is 0 Å². The summed E-state index contributed by atoms with van der Waals surface area (Å²) in [7, 11) is 0. The number of fused-ring (bicyclic) bond motifs is 2. The number of benzene rings is 1. The van der Waals surface area contributed by atoms with Gasteiger partial charge in [0.15, 0.2) is 11.5 Å². The number of imidazole rings is 1. The van der Waals surface area contributed by atoms with Crippen LogP contribution < -0.4 is 15.7 Å². The SMILES string of the molecule is O=c1[nH]c2cc3cc(OCCCCc4nnnn4C4CCNCC4)ccc3nc2[nH]1. The van der Waals surface area contributed by atoms with E-state index in [9.17, 15) is 4.79 Å². The van der Waals surface area contributed by atoms with Gasteiger partial charge in [0.05, 0.1) is 23.7 Å². The predicted molar refractivity (Wildman–Crippen MR) is 112 cm³/mol. The van der Waals surface area contributed by atoms with Crippen LogP contribution in [0.5, 0.6) is 5.75 Å². The minimum Gasteiger partial charge on any atom is -0.494 e. The monoisotopic (exact) mass is 408 g/mol. The lowest BCUT2D eigenvalue weighted by Gasteiger charge is -2.23. The fourth-order valence-corrected chi connectivity index (χ4v) is 3.98. The highest BCUT2D eigenvalue weighted by Crippen LogP contribution is 2.22. The van der Waals surface area contributed by atoms with Gasteiger partial charge in [-0.25, -0.2) is 14.5 Å². The topological polar surface area (TPSA) is 126 Å². The molecule has 1 fully saturated rings. The summed E-state index contributed by atoms with van der Waals surface area (Å²) in [6, 6.07) is 8.07. The molecular formula is C20H24N8O2. The van der Waals surface area contributed by atoms with Crippen molar-refractivity contribution in [1.29, 1.82) is 0 Å². The van der Waals surface area contributed by atoms with Crippen LogP contribution in [0.2, 0.25) is 0 Å². The summed E-state index contributed by atoms with van der Waals surface area (Å²) in [6.45, 7) is 2.66. The number of ether oxygens (including phenoxy) is 1. The number of hydrogen-bond donors (Lipinski definition) is 3. The van der Waals surface area contributed by atoms with Crippen LogP contribution in [0, 0.1) is 0 Å². The first-order valence-corrected chi connectivity index (χ1v) is 10.4. The molecule has 3 N–H and O–H groups in total. The van der Waals surface area contributed by atoms with E-state index in [0.29, 0.717) is 23.8 Å². The number of pyridine rings is 1. The Hall–Kier alpha value is -3.27. The van der Waals surface area contributed by atoms with Gasteiger partial charge in [-0.1, -0.05) is 0 Å². The molecule has 1 saturated heterocycles. The van der Waals surface area contributed by atoms with Crippen LogP contribution in [0.25, 0.3) is 22.1 Å². The molecule has 0 saturated carbocycles. The molecule has 30 heavy (non-hydrogen) atoms. The Bertz CT molecular complexity index is 1200. The minimum atomic E-state index is -0.254. The maximum atomic E-state index is 11.4. The van der Waals surface area contributed by atoms with Crippen molar-refractivity contribution in [2.24, 2.45) is 0 Å². The van der Waals surface area contributed by atoms with Gasteiger partial charge in [-0.05, 0) is 73.5 Å². The number of hydrogen-bond acceptors (Lipinski definition) is 7. The van der Waals surface area contributed by atoms with Crippen LogP contribution in [-0.2, 0) is 6.42 Å². The van der Waals surface area contributed by atoms with E-state index < -0.39 is 0 Å². The summed E-state index contributed by atoms with van der Waals surface area (Å²) < 4.78 is 7.93. The van der Waals surface area contributed by atoms with E-state index in [0.717, 1.165) is 67.7 Å². The highest BCUT2D eigenvalue weighted by Gasteiger charge is 2.19. The van der Waals surface area contributed by atoms with Crippen LogP contribution in [0.15, 0.2) is 29.1 Å². The molecule has 4 heterocycles. The van der Waals surface area contributed by atoms with Crippen LogP contribution in [0.3, 0.4) is 0 Å². The van der Waals surface area contributed by atoms with E-state index in [1.807, 2.05) is 28.9 Å². The quantitative estimate of drug-likeness (QED) is 0.397. The van der Waals surface area contributed by atoms with Gasteiger partial charge in [-0.2, -0.15) is 0 Å². The molecule has 1 aliphatic rings. The lowest BCUT2D eigenvalue weighted by molar-refractivity contribution is 0.303.